The fourth-order valence-electron chi connectivity index (χ4n) is 3.16. The molecule has 1 amide bonds. The van der Waals surface area contributed by atoms with Gasteiger partial charge in [0, 0.05) is 29.8 Å². The molecule has 0 saturated carbocycles. The highest BCUT2D eigenvalue weighted by atomic mass is 16.6. The number of carbonyl (C=O) groups excluding carboxylic acids is 2. The fraction of sp³-hybridized carbons (Fsp3) is 0.261. The Hall–Kier alpha value is -4.05. The molecule has 2 aromatic carbocycles. The van der Waals surface area contributed by atoms with Gasteiger partial charge in [0.15, 0.2) is 0 Å². The van der Waals surface area contributed by atoms with Gasteiger partial charge in [-0.25, -0.2) is 9.59 Å². The maximum absolute atomic E-state index is 12.6. The summed E-state index contributed by atoms with van der Waals surface area (Å²) in [6, 6.07) is 11.0. The van der Waals surface area contributed by atoms with Crippen molar-refractivity contribution < 1.29 is 23.7 Å². The summed E-state index contributed by atoms with van der Waals surface area (Å²) < 4.78 is 10.4. The number of benzene rings is 2. The van der Waals surface area contributed by atoms with E-state index in [0.29, 0.717) is 17.8 Å². The molecule has 172 valence electrons. The fourth-order valence-corrected chi connectivity index (χ4v) is 3.16. The van der Waals surface area contributed by atoms with Crippen molar-refractivity contribution in [3.05, 3.63) is 80.2 Å². The van der Waals surface area contributed by atoms with Crippen molar-refractivity contribution in [2.75, 3.05) is 31.6 Å². The van der Waals surface area contributed by atoms with Crippen LogP contribution >= 0.6 is 0 Å². The van der Waals surface area contributed by atoms with Crippen molar-refractivity contribution >= 4 is 34.2 Å². The van der Waals surface area contributed by atoms with Gasteiger partial charge in [-0.2, -0.15) is 0 Å². The Morgan fingerprint density at radius 1 is 1.09 bits per heavy atom. The third kappa shape index (κ3) is 5.80. The van der Waals surface area contributed by atoms with E-state index in [9.17, 15) is 24.5 Å². The largest absolute Gasteiger partial charge is 0.461 e. The van der Waals surface area contributed by atoms with Crippen LogP contribution in [0.3, 0.4) is 0 Å². The normalized spacial score (nSPS) is 10.9. The molecule has 33 heavy (non-hydrogen) atoms. The van der Waals surface area contributed by atoms with E-state index in [1.54, 1.807) is 0 Å². The third-order valence-corrected chi connectivity index (χ3v) is 5.08. The first kappa shape index (κ1) is 23.6. The number of anilines is 1. The molecule has 0 aliphatic rings. The number of nitro benzene ring substituents is 1. The number of fused-ring (bicyclic) bond motifs is 1. The van der Waals surface area contributed by atoms with Crippen LogP contribution in [-0.4, -0.2) is 47.9 Å². The highest BCUT2D eigenvalue weighted by molar-refractivity contribution is 6.05. The summed E-state index contributed by atoms with van der Waals surface area (Å²) in [5.74, 6) is -1.22. The molecular formula is C23H23N3O7. The number of nitro groups is 1. The molecule has 0 saturated heterocycles. The lowest BCUT2D eigenvalue weighted by Gasteiger charge is -2.17. The number of hydrogen-bond acceptors (Lipinski definition) is 8. The Labute approximate surface area is 188 Å². The molecule has 0 aliphatic carbocycles. The SMILES string of the molecule is CCN(CC)CCOC(=O)c1ccc(NC(=O)c2cc3cc([N+](=O)[O-])ccc3oc2=O)cc1. The molecule has 1 heterocycles. The van der Waals surface area contributed by atoms with Gasteiger partial charge in [0.2, 0.25) is 0 Å². The number of nitrogens with zero attached hydrogens (tertiary/aromatic N) is 2. The highest BCUT2D eigenvalue weighted by Crippen LogP contribution is 2.21. The first-order chi connectivity index (χ1) is 15.8. The maximum Gasteiger partial charge on any atom is 0.349 e. The molecule has 10 heteroatoms. The molecule has 0 atom stereocenters. The van der Waals surface area contributed by atoms with Gasteiger partial charge in [-0.15, -0.1) is 0 Å². The van der Waals surface area contributed by atoms with E-state index in [-0.39, 0.29) is 28.8 Å². The molecule has 1 N–H and O–H groups in total. The third-order valence-electron chi connectivity index (χ3n) is 5.08. The lowest BCUT2D eigenvalue weighted by atomic mass is 10.1. The number of non-ortho nitro benzene ring substituents is 1. The lowest BCUT2D eigenvalue weighted by Crippen LogP contribution is -2.27. The zero-order valence-electron chi connectivity index (χ0n) is 18.2. The molecule has 3 aromatic rings. The minimum absolute atomic E-state index is 0.131. The molecular weight excluding hydrogens is 430 g/mol. The van der Waals surface area contributed by atoms with Crippen LogP contribution in [0.1, 0.15) is 34.6 Å². The van der Waals surface area contributed by atoms with Crippen LogP contribution in [0.4, 0.5) is 11.4 Å². The van der Waals surface area contributed by atoms with E-state index in [2.05, 4.69) is 10.2 Å². The van der Waals surface area contributed by atoms with E-state index < -0.39 is 22.4 Å². The molecule has 0 spiro atoms. The summed E-state index contributed by atoms with van der Waals surface area (Å²) in [4.78, 5) is 49.5. The zero-order valence-corrected chi connectivity index (χ0v) is 18.2. The Morgan fingerprint density at radius 3 is 2.42 bits per heavy atom. The lowest BCUT2D eigenvalue weighted by molar-refractivity contribution is -0.384. The Kier molecular flexibility index (Phi) is 7.52. The van der Waals surface area contributed by atoms with Gasteiger partial charge >= 0.3 is 11.6 Å². The van der Waals surface area contributed by atoms with E-state index in [1.165, 1.54) is 48.5 Å². The Bertz CT molecular complexity index is 1230. The summed E-state index contributed by atoms with van der Waals surface area (Å²) in [6.45, 7) is 6.72. The first-order valence-electron chi connectivity index (χ1n) is 10.4. The first-order valence-corrected chi connectivity index (χ1v) is 10.4. The molecule has 0 fully saturated rings. The number of carbonyl (C=O) groups is 2. The number of amides is 1. The van der Waals surface area contributed by atoms with Gasteiger partial charge in [-0.1, -0.05) is 13.8 Å². The predicted octanol–water partition coefficient (Wildman–Crippen LogP) is 3.45. The second-order valence-electron chi connectivity index (χ2n) is 7.12. The van der Waals surface area contributed by atoms with Crippen LogP contribution in [0.5, 0.6) is 0 Å². The minimum atomic E-state index is -0.873. The van der Waals surface area contributed by atoms with Gasteiger partial charge in [0.25, 0.3) is 11.6 Å². The number of ether oxygens (including phenoxy) is 1. The smallest absolute Gasteiger partial charge is 0.349 e. The quantitative estimate of drug-likeness (QED) is 0.225. The standard InChI is InChI=1S/C23H23N3O7/c1-3-25(4-2)11-12-32-22(28)15-5-7-17(8-6-15)24-21(27)19-14-16-13-18(26(30)31)9-10-20(16)33-23(19)29/h5-10,13-14H,3-4,11-12H2,1-2H3,(H,24,27). The van der Waals surface area contributed by atoms with Crippen LogP contribution in [0, 0.1) is 10.1 Å². The molecule has 0 radical (unpaired) electrons. The molecule has 0 unspecified atom stereocenters. The van der Waals surface area contributed by atoms with Crippen LogP contribution in [-0.2, 0) is 4.74 Å². The van der Waals surface area contributed by atoms with Gasteiger partial charge in [0.05, 0.1) is 10.5 Å². The second-order valence-corrected chi connectivity index (χ2v) is 7.12. The average Bonchev–Trinajstić information content (AvgIpc) is 2.81. The summed E-state index contributed by atoms with van der Waals surface area (Å²) in [5, 5.41) is 13.8. The van der Waals surface area contributed by atoms with Crippen LogP contribution in [0.15, 0.2) is 57.7 Å². The van der Waals surface area contributed by atoms with Crippen molar-refractivity contribution in [2.24, 2.45) is 0 Å². The van der Waals surface area contributed by atoms with Gasteiger partial charge in [0.1, 0.15) is 17.8 Å². The second kappa shape index (κ2) is 10.5. The summed E-state index contributed by atoms with van der Waals surface area (Å²) in [7, 11) is 0. The number of esters is 1. The van der Waals surface area contributed by atoms with E-state index in [4.69, 9.17) is 9.15 Å². The van der Waals surface area contributed by atoms with Crippen molar-refractivity contribution in [1.82, 2.24) is 4.90 Å². The Morgan fingerprint density at radius 2 is 1.79 bits per heavy atom. The van der Waals surface area contributed by atoms with Gasteiger partial charge < -0.3 is 19.4 Å². The summed E-state index contributed by atoms with van der Waals surface area (Å²) in [6.07, 6.45) is 0. The number of likely N-dealkylation sites (N-methyl/N-ethyl adjacent to an activating group) is 1. The summed E-state index contributed by atoms with van der Waals surface area (Å²) >= 11 is 0. The number of nitrogens with one attached hydrogen (secondary N) is 1. The van der Waals surface area contributed by atoms with E-state index in [0.717, 1.165) is 13.1 Å². The minimum Gasteiger partial charge on any atom is -0.461 e. The average molecular weight is 453 g/mol. The van der Waals surface area contributed by atoms with Gasteiger partial charge in [-0.05, 0) is 49.5 Å². The highest BCUT2D eigenvalue weighted by Gasteiger charge is 2.16. The predicted molar refractivity (Wildman–Crippen MR) is 122 cm³/mol. The van der Waals surface area contributed by atoms with Crippen LogP contribution in [0.25, 0.3) is 11.0 Å². The number of rotatable bonds is 9. The maximum atomic E-state index is 12.6. The summed E-state index contributed by atoms with van der Waals surface area (Å²) in [5.41, 5.74) is -0.568. The van der Waals surface area contributed by atoms with E-state index in [1.807, 2.05) is 13.8 Å². The van der Waals surface area contributed by atoms with Gasteiger partial charge in [-0.3, -0.25) is 14.9 Å². The van der Waals surface area contributed by atoms with E-state index >= 15 is 0 Å². The molecule has 1 aromatic heterocycles. The number of hydrogen-bond donors (Lipinski definition) is 1. The molecule has 0 aliphatic heterocycles. The zero-order chi connectivity index (χ0) is 24.0. The molecule has 0 bridgehead atoms. The van der Waals surface area contributed by atoms with Crippen molar-refractivity contribution in [1.29, 1.82) is 0 Å². The Balaban J connectivity index is 1.68. The van der Waals surface area contributed by atoms with Crippen LogP contribution < -0.4 is 10.9 Å². The molecule has 10 nitrogen and oxygen atoms in total. The topological polar surface area (TPSA) is 132 Å². The van der Waals surface area contributed by atoms with Crippen molar-refractivity contribution in [2.45, 2.75) is 13.8 Å². The van der Waals surface area contributed by atoms with Crippen molar-refractivity contribution in [3.8, 4) is 0 Å². The monoisotopic (exact) mass is 453 g/mol. The van der Waals surface area contributed by atoms with Crippen molar-refractivity contribution in [3.63, 3.8) is 0 Å². The van der Waals surface area contributed by atoms with Crippen LogP contribution in [0.2, 0.25) is 0 Å². The molecule has 3 rings (SSSR count).